The smallest absolute Gasteiger partial charge is 0.257 e. The maximum absolute atomic E-state index is 13.3. The summed E-state index contributed by atoms with van der Waals surface area (Å²) >= 11 is 0. The molecule has 2 aromatic heterocycles. The normalized spacial score (nSPS) is 12.1. The Balaban J connectivity index is 1.58. The maximum Gasteiger partial charge on any atom is 0.257 e. The standard InChI is InChI=1S/C22H20FN5O2/c1-12-25-20(24)18-17(11-28(2)21(18)26-12)13-6-8-16(9-7-13)27-22(30)19(29)14-4-3-5-15(23)10-14/h3-11,19,29H,1-2H3,(H,27,30)(H2,24,25,26)/t19-/m0/s1. The summed E-state index contributed by atoms with van der Waals surface area (Å²) in [6.45, 7) is 1.79. The van der Waals surface area contributed by atoms with Crippen LogP contribution in [0.1, 0.15) is 17.5 Å². The zero-order valence-corrected chi connectivity index (χ0v) is 16.4. The first-order valence-corrected chi connectivity index (χ1v) is 9.27. The number of fused-ring (bicyclic) bond motifs is 1. The summed E-state index contributed by atoms with van der Waals surface area (Å²) in [5.41, 5.74) is 9.31. The molecular weight excluding hydrogens is 385 g/mol. The first kappa shape index (κ1) is 19.5. The Labute approximate surface area is 172 Å². The van der Waals surface area contributed by atoms with Gasteiger partial charge in [0.05, 0.1) is 5.39 Å². The molecule has 0 radical (unpaired) electrons. The summed E-state index contributed by atoms with van der Waals surface area (Å²) in [5.74, 6) is -0.157. The number of aryl methyl sites for hydroxylation is 2. The van der Waals surface area contributed by atoms with Gasteiger partial charge in [-0.15, -0.1) is 0 Å². The van der Waals surface area contributed by atoms with Crippen LogP contribution in [0.25, 0.3) is 22.2 Å². The quantitative estimate of drug-likeness (QED) is 0.483. The average molecular weight is 405 g/mol. The lowest BCUT2D eigenvalue weighted by Gasteiger charge is -2.12. The van der Waals surface area contributed by atoms with Crippen LogP contribution in [0.2, 0.25) is 0 Å². The highest BCUT2D eigenvalue weighted by Crippen LogP contribution is 2.33. The number of nitrogens with two attached hydrogens (primary N) is 1. The van der Waals surface area contributed by atoms with E-state index in [-0.39, 0.29) is 5.56 Å². The van der Waals surface area contributed by atoms with Gasteiger partial charge in [-0.25, -0.2) is 14.4 Å². The third-order valence-corrected chi connectivity index (χ3v) is 4.83. The van der Waals surface area contributed by atoms with E-state index in [0.29, 0.717) is 17.3 Å². The lowest BCUT2D eigenvalue weighted by Crippen LogP contribution is -2.20. The van der Waals surface area contributed by atoms with Gasteiger partial charge in [0.1, 0.15) is 23.1 Å². The Bertz CT molecular complexity index is 1250. The zero-order valence-electron chi connectivity index (χ0n) is 16.4. The van der Waals surface area contributed by atoms with Crippen molar-refractivity contribution in [3.8, 4) is 11.1 Å². The van der Waals surface area contributed by atoms with Crippen molar-refractivity contribution >= 4 is 28.4 Å². The van der Waals surface area contributed by atoms with E-state index in [1.165, 1.54) is 18.2 Å². The number of aromatic nitrogens is 3. The van der Waals surface area contributed by atoms with Crippen LogP contribution in [0.4, 0.5) is 15.9 Å². The molecule has 0 aliphatic rings. The van der Waals surface area contributed by atoms with Gasteiger partial charge in [-0.3, -0.25) is 4.79 Å². The summed E-state index contributed by atoms with van der Waals surface area (Å²) in [5, 5.41) is 13.6. The molecule has 8 heteroatoms. The van der Waals surface area contributed by atoms with Crippen molar-refractivity contribution in [2.24, 2.45) is 7.05 Å². The lowest BCUT2D eigenvalue weighted by molar-refractivity contribution is -0.124. The van der Waals surface area contributed by atoms with E-state index in [0.717, 1.165) is 28.2 Å². The van der Waals surface area contributed by atoms with E-state index in [4.69, 9.17) is 5.73 Å². The molecule has 0 fully saturated rings. The highest BCUT2D eigenvalue weighted by molar-refractivity contribution is 6.01. The minimum Gasteiger partial charge on any atom is -0.383 e. The second kappa shape index (κ2) is 7.57. The summed E-state index contributed by atoms with van der Waals surface area (Å²) in [7, 11) is 1.89. The molecule has 1 atom stereocenters. The molecule has 0 spiro atoms. The second-order valence-corrected chi connectivity index (χ2v) is 7.03. The second-order valence-electron chi connectivity index (χ2n) is 7.03. The Morgan fingerprint density at radius 3 is 2.63 bits per heavy atom. The third-order valence-electron chi connectivity index (χ3n) is 4.83. The summed E-state index contributed by atoms with van der Waals surface area (Å²) in [6.07, 6.45) is 0.454. The molecule has 152 valence electrons. The van der Waals surface area contributed by atoms with Crippen LogP contribution in [-0.4, -0.2) is 25.5 Å². The minimum atomic E-state index is -1.47. The zero-order chi connectivity index (χ0) is 21.4. The number of benzene rings is 2. The highest BCUT2D eigenvalue weighted by atomic mass is 19.1. The third kappa shape index (κ3) is 3.60. The van der Waals surface area contributed by atoms with Gasteiger partial charge in [0.15, 0.2) is 6.10 Å². The maximum atomic E-state index is 13.3. The van der Waals surface area contributed by atoms with Crippen molar-refractivity contribution < 1.29 is 14.3 Å². The van der Waals surface area contributed by atoms with Crippen LogP contribution in [0, 0.1) is 12.7 Å². The van der Waals surface area contributed by atoms with E-state index in [9.17, 15) is 14.3 Å². The molecule has 4 aromatic rings. The number of halogens is 1. The fourth-order valence-electron chi connectivity index (χ4n) is 3.40. The molecule has 2 heterocycles. The molecule has 0 unspecified atom stereocenters. The summed E-state index contributed by atoms with van der Waals surface area (Å²) < 4.78 is 15.2. The predicted molar refractivity (Wildman–Crippen MR) is 113 cm³/mol. The SMILES string of the molecule is Cc1nc(N)c2c(-c3ccc(NC(=O)[C@@H](O)c4cccc(F)c4)cc3)cn(C)c2n1. The molecule has 4 N–H and O–H groups in total. The predicted octanol–water partition coefficient (Wildman–Crippen LogP) is 3.34. The van der Waals surface area contributed by atoms with Crippen LogP contribution in [0.5, 0.6) is 0 Å². The van der Waals surface area contributed by atoms with Crippen molar-refractivity contribution in [3.05, 3.63) is 71.9 Å². The van der Waals surface area contributed by atoms with E-state index >= 15 is 0 Å². The van der Waals surface area contributed by atoms with Gasteiger partial charge in [-0.1, -0.05) is 24.3 Å². The molecule has 0 saturated heterocycles. The van der Waals surface area contributed by atoms with Crippen LogP contribution in [0.15, 0.2) is 54.7 Å². The molecule has 1 amide bonds. The number of amides is 1. The van der Waals surface area contributed by atoms with E-state index in [2.05, 4.69) is 15.3 Å². The van der Waals surface area contributed by atoms with Gasteiger partial charge in [0, 0.05) is 24.5 Å². The number of hydrogen-bond donors (Lipinski definition) is 3. The van der Waals surface area contributed by atoms with Crippen LogP contribution in [-0.2, 0) is 11.8 Å². The van der Waals surface area contributed by atoms with Gasteiger partial charge in [-0.2, -0.15) is 0 Å². The lowest BCUT2D eigenvalue weighted by atomic mass is 10.1. The number of rotatable bonds is 4. The molecule has 0 saturated carbocycles. The number of hydrogen-bond acceptors (Lipinski definition) is 5. The van der Waals surface area contributed by atoms with Gasteiger partial charge in [-0.05, 0) is 42.3 Å². The monoisotopic (exact) mass is 405 g/mol. The number of aliphatic hydroxyl groups is 1. The van der Waals surface area contributed by atoms with Gasteiger partial charge >= 0.3 is 0 Å². The van der Waals surface area contributed by atoms with E-state index < -0.39 is 17.8 Å². The Kier molecular flexibility index (Phi) is 4.93. The van der Waals surface area contributed by atoms with Crippen molar-refractivity contribution in [1.82, 2.24) is 14.5 Å². The largest absolute Gasteiger partial charge is 0.383 e. The molecule has 7 nitrogen and oxygen atoms in total. The van der Waals surface area contributed by atoms with E-state index in [1.54, 1.807) is 19.1 Å². The van der Waals surface area contributed by atoms with Crippen LogP contribution < -0.4 is 11.1 Å². The van der Waals surface area contributed by atoms with Crippen LogP contribution in [0.3, 0.4) is 0 Å². The van der Waals surface area contributed by atoms with Gasteiger partial charge < -0.3 is 20.7 Å². The Hall–Kier alpha value is -3.78. The number of nitrogen functional groups attached to an aromatic ring is 1. The molecule has 0 bridgehead atoms. The Morgan fingerprint density at radius 2 is 1.93 bits per heavy atom. The van der Waals surface area contributed by atoms with Gasteiger partial charge in [0.25, 0.3) is 5.91 Å². The fourth-order valence-corrected chi connectivity index (χ4v) is 3.40. The molecule has 30 heavy (non-hydrogen) atoms. The molecular formula is C22H20FN5O2. The van der Waals surface area contributed by atoms with Crippen LogP contribution >= 0.6 is 0 Å². The first-order valence-electron chi connectivity index (χ1n) is 9.27. The number of nitrogens with one attached hydrogen (secondary N) is 1. The van der Waals surface area contributed by atoms with Crippen molar-refractivity contribution in [3.63, 3.8) is 0 Å². The Morgan fingerprint density at radius 1 is 1.20 bits per heavy atom. The van der Waals surface area contributed by atoms with Crippen molar-refractivity contribution in [2.75, 3.05) is 11.1 Å². The topological polar surface area (TPSA) is 106 Å². The average Bonchev–Trinajstić information content (AvgIpc) is 3.04. The molecule has 2 aromatic carbocycles. The fraction of sp³-hybridized carbons (Fsp3) is 0.136. The number of nitrogens with zero attached hydrogens (tertiary/aromatic N) is 3. The summed E-state index contributed by atoms with van der Waals surface area (Å²) in [6, 6.07) is 12.4. The van der Waals surface area contributed by atoms with E-state index in [1.807, 2.05) is 29.9 Å². The number of anilines is 2. The minimum absolute atomic E-state index is 0.186. The molecule has 0 aliphatic heterocycles. The number of carbonyl (C=O) groups is 1. The number of carbonyl (C=O) groups excluding carboxylic acids is 1. The molecule has 0 aliphatic carbocycles. The number of aliphatic hydroxyl groups excluding tert-OH is 1. The van der Waals surface area contributed by atoms with Gasteiger partial charge in [0.2, 0.25) is 0 Å². The highest BCUT2D eigenvalue weighted by Gasteiger charge is 2.18. The summed E-state index contributed by atoms with van der Waals surface area (Å²) in [4.78, 5) is 21.0. The van der Waals surface area contributed by atoms with Crippen molar-refractivity contribution in [1.29, 1.82) is 0 Å². The first-order chi connectivity index (χ1) is 14.3. The van der Waals surface area contributed by atoms with Crippen molar-refractivity contribution in [2.45, 2.75) is 13.0 Å². The molecule has 4 rings (SSSR count).